The number of Topliss-reactive ketones (excluding diaryl/α,β-unsaturated/α-hetero) is 1. The number of ether oxygens (including phenoxy) is 1. The van der Waals surface area contributed by atoms with E-state index >= 15 is 0 Å². The van der Waals surface area contributed by atoms with Gasteiger partial charge in [-0.15, -0.1) is 0 Å². The van der Waals surface area contributed by atoms with Crippen molar-refractivity contribution in [2.75, 3.05) is 12.4 Å². The minimum absolute atomic E-state index is 0.0319. The molecular formula is C20H20F3N5O2. The third kappa shape index (κ3) is 4.94. The molecule has 0 aliphatic carbocycles. The molecule has 0 atom stereocenters. The van der Waals surface area contributed by atoms with Gasteiger partial charge < -0.3 is 10.1 Å². The van der Waals surface area contributed by atoms with E-state index in [9.17, 15) is 18.0 Å². The monoisotopic (exact) mass is 419 g/mol. The Kier molecular flexibility index (Phi) is 6.65. The molecule has 1 N–H and O–H groups in total. The fourth-order valence-electron chi connectivity index (χ4n) is 2.82. The summed E-state index contributed by atoms with van der Waals surface area (Å²) in [5.41, 5.74) is 1.85. The number of anilines is 2. The summed E-state index contributed by atoms with van der Waals surface area (Å²) >= 11 is 0. The fourth-order valence-corrected chi connectivity index (χ4v) is 2.82. The van der Waals surface area contributed by atoms with Crippen molar-refractivity contribution in [1.82, 2.24) is 19.7 Å². The van der Waals surface area contributed by atoms with Crippen LogP contribution in [0.4, 0.5) is 24.8 Å². The minimum Gasteiger partial charge on any atom is -0.494 e. The summed E-state index contributed by atoms with van der Waals surface area (Å²) in [7, 11) is 1.35. The quantitative estimate of drug-likeness (QED) is 0.520. The summed E-state index contributed by atoms with van der Waals surface area (Å²) in [5.74, 6) is -0.343. The first-order valence-electron chi connectivity index (χ1n) is 9.21. The maximum Gasteiger partial charge on any atom is 0.333 e. The predicted octanol–water partition coefficient (Wildman–Crippen LogP) is 4.34. The van der Waals surface area contributed by atoms with Crippen LogP contribution in [0.25, 0.3) is 0 Å². The zero-order chi connectivity index (χ0) is 21.7. The minimum atomic E-state index is -2.73. The van der Waals surface area contributed by atoms with Gasteiger partial charge in [-0.1, -0.05) is 6.92 Å². The van der Waals surface area contributed by atoms with Gasteiger partial charge in [-0.25, -0.2) is 19.0 Å². The normalized spacial score (nSPS) is 11.0. The predicted molar refractivity (Wildman–Crippen MR) is 104 cm³/mol. The van der Waals surface area contributed by atoms with Crippen LogP contribution < -0.4 is 10.1 Å². The molecule has 0 bridgehead atoms. The molecule has 30 heavy (non-hydrogen) atoms. The van der Waals surface area contributed by atoms with Gasteiger partial charge in [0.1, 0.15) is 0 Å². The Hall–Kier alpha value is -3.43. The molecule has 0 saturated heterocycles. The Labute approximate surface area is 170 Å². The van der Waals surface area contributed by atoms with E-state index in [1.807, 2.05) is 0 Å². The van der Waals surface area contributed by atoms with Crippen LogP contribution in [0.2, 0.25) is 0 Å². The van der Waals surface area contributed by atoms with E-state index < -0.39 is 12.4 Å². The standard InChI is InChI=1S/C20H20F3N5O2/c1-3-16(29)14-6-13(18(21)17(7-14)30-2)5-4-12-8-24-20(25-9-12)27-15-10-26-28(11-15)19(22)23/h6-11,19H,3-5H2,1-2H3,(H,24,25,27). The molecule has 0 saturated carbocycles. The number of aryl methyl sites for hydroxylation is 2. The number of halogens is 3. The summed E-state index contributed by atoms with van der Waals surface area (Å²) < 4.78 is 45.2. The number of nitrogens with zero attached hydrogens (tertiary/aromatic N) is 4. The first kappa shape index (κ1) is 21.3. The van der Waals surface area contributed by atoms with E-state index in [-0.39, 0.29) is 17.5 Å². The third-order valence-corrected chi connectivity index (χ3v) is 4.42. The number of benzene rings is 1. The molecule has 0 radical (unpaired) electrons. The van der Waals surface area contributed by atoms with Crippen molar-refractivity contribution < 1.29 is 22.7 Å². The van der Waals surface area contributed by atoms with Crippen LogP contribution in [0.5, 0.6) is 5.75 Å². The average molecular weight is 419 g/mol. The lowest BCUT2D eigenvalue weighted by Gasteiger charge is -2.11. The zero-order valence-electron chi connectivity index (χ0n) is 16.4. The van der Waals surface area contributed by atoms with Gasteiger partial charge in [0.25, 0.3) is 0 Å². The Morgan fingerprint density at radius 1 is 1.20 bits per heavy atom. The molecule has 158 valence electrons. The first-order valence-corrected chi connectivity index (χ1v) is 9.21. The molecule has 1 aromatic carbocycles. The van der Waals surface area contributed by atoms with E-state index in [2.05, 4.69) is 20.4 Å². The highest BCUT2D eigenvalue weighted by atomic mass is 19.3. The first-order chi connectivity index (χ1) is 14.4. The second-order valence-corrected chi connectivity index (χ2v) is 6.45. The number of carbonyl (C=O) groups is 1. The second kappa shape index (κ2) is 9.38. The van der Waals surface area contributed by atoms with Crippen molar-refractivity contribution in [2.24, 2.45) is 0 Å². The van der Waals surface area contributed by atoms with Gasteiger partial charge in [0.2, 0.25) is 5.95 Å². The van der Waals surface area contributed by atoms with E-state index in [0.29, 0.717) is 40.8 Å². The summed E-state index contributed by atoms with van der Waals surface area (Å²) in [6, 6.07) is 2.95. The molecule has 0 spiro atoms. The molecule has 0 fully saturated rings. The second-order valence-electron chi connectivity index (χ2n) is 6.45. The topological polar surface area (TPSA) is 81.9 Å². The number of hydrogen-bond acceptors (Lipinski definition) is 6. The summed E-state index contributed by atoms with van der Waals surface area (Å²) in [4.78, 5) is 20.3. The summed E-state index contributed by atoms with van der Waals surface area (Å²) in [5, 5.41) is 6.30. The number of ketones is 1. The van der Waals surface area contributed by atoms with Crippen LogP contribution in [0.1, 0.15) is 41.4 Å². The van der Waals surface area contributed by atoms with Crippen molar-refractivity contribution >= 4 is 17.4 Å². The smallest absolute Gasteiger partial charge is 0.333 e. The van der Waals surface area contributed by atoms with Crippen LogP contribution in [0.3, 0.4) is 0 Å². The van der Waals surface area contributed by atoms with Crippen molar-refractivity contribution in [3.63, 3.8) is 0 Å². The Morgan fingerprint density at radius 3 is 2.53 bits per heavy atom. The van der Waals surface area contributed by atoms with Gasteiger partial charge in [0.05, 0.1) is 25.2 Å². The molecule has 0 aliphatic heterocycles. The Bertz CT molecular complexity index is 1020. The van der Waals surface area contributed by atoms with Crippen LogP contribution in [-0.4, -0.2) is 32.6 Å². The number of nitrogens with one attached hydrogen (secondary N) is 1. The number of methoxy groups -OCH3 is 1. The summed E-state index contributed by atoms with van der Waals surface area (Å²) in [6.45, 7) is -0.988. The highest BCUT2D eigenvalue weighted by molar-refractivity contribution is 5.96. The van der Waals surface area contributed by atoms with Crippen molar-refractivity contribution in [1.29, 1.82) is 0 Å². The fraction of sp³-hybridized carbons (Fsp3) is 0.300. The van der Waals surface area contributed by atoms with Crippen molar-refractivity contribution in [2.45, 2.75) is 32.7 Å². The highest BCUT2D eigenvalue weighted by Gasteiger charge is 2.15. The van der Waals surface area contributed by atoms with E-state index in [0.717, 1.165) is 11.8 Å². The molecule has 3 aromatic rings. The van der Waals surface area contributed by atoms with Crippen LogP contribution in [0, 0.1) is 5.82 Å². The lowest BCUT2D eigenvalue weighted by molar-refractivity contribution is 0.0566. The molecule has 7 nitrogen and oxygen atoms in total. The number of carbonyl (C=O) groups excluding carboxylic acids is 1. The largest absolute Gasteiger partial charge is 0.494 e. The lowest BCUT2D eigenvalue weighted by atomic mass is 10.00. The van der Waals surface area contributed by atoms with E-state index in [1.165, 1.54) is 19.4 Å². The number of aromatic nitrogens is 4. The van der Waals surface area contributed by atoms with Gasteiger partial charge >= 0.3 is 6.55 Å². The lowest BCUT2D eigenvalue weighted by Crippen LogP contribution is -2.04. The molecule has 0 aliphatic rings. The maximum absolute atomic E-state index is 14.5. The Morgan fingerprint density at radius 2 is 1.93 bits per heavy atom. The molecule has 2 aromatic heterocycles. The number of alkyl halides is 2. The molecule has 2 heterocycles. The van der Waals surface area contributed by atoms with Gasteiger partial charge in [0, 0.05) is 24.4 Å². The number of hydrogen-bond donors (Lipinski definition) is 1. The van der Waals surface area contributed by atoms with Crippen LogP contribution in [-0.2, 0) is 12.8 Å². The molecule has 3 rings (SSSR count). The third-order valence-electron chi connectivity index (χ3n) is 4.42. The molecule has 10 heteroatoms. The van der Waals surface area contributed by atoms with Gasteiger partial charge in [-0.2, -0.15) is 13.9 Å². The van der Waals surface area contributed by atoms with Gasteiger partial charge in [-0.05, 0) is 36.1 Å². The number of rotatable bonds is 9. The molecule has 0 amide bonds. The van der Waals surface area contributed by atoms with Gasteiger partial charge in [0.15, 0.2) is 17.3 Å². The Balaban J connectivity index is 1.68. The SMILES string of the molecule is CCC(=O)c1cc(CCc2cnc(Nc3cnn(C(F)F)c3)nc2)c(F)c(OC)c1. The van der Waals surface area contributed by atoms with Gasteiger partial charge in [-0.3, -0.25) is 4.79 Å². The van der Waals surface area contributed by atoms with E-state index in [4.69, 9.17) is 4.74 Å². The highest BCUT2D eigenvalue weighted by Crippen LogP contribution is 2.25. The summed E-state index contributed by atoms with van der Waals surface area (Å²) in [6.07, 6.45) is 6.57. The average Bonchev–Trinajstić information content (AvgIpc) is 3.22. The zero-order valence-corrected chi connectivity index (χ0v) is 16.4. The van der Waals surface area contributed by atoms with E-state index in [1.54, 1.807) is 25.4 Å². The van der Waals surface area contributed by atoms with Crippen molar-refractivity contribution in [3.8, 4) is 5.75 Å². The van der Waals surface area contributed by atoms with Crippen LogP contribution >= 0.6 is 0 Å². The molecule has 0 unspecified atom stereocenters. The van der Waals surface area contributed by atoms with Crippen molar-refractivity contribution in [3.05, 3.63) is 59.4 Å². The molecular weight excluding hydrogens is 399 g/mol. The van der Waals surface area contributed by atoms with Crippen LogP contribution in [0.15, 0.2) is 36.9 Å². The maximum atomic E-state index is 14.5.